The molecule has 1 fully saturated rings. The Bertz CT molecular complexity index is 305. The zero-order valence-corrected chi connectivity index (χ0v) is 9.98. The van der Waals surface area contributed by atoms with Crippen LogP contribution in [-0.2, 0) is 17.8 Å². The minimum Gasteiger partial charge on any atom is -0.378 e. The molecular weight excluding hydrogens is 202 g/mol. The fourth-order valence-corrected chi connectivity index (χ4v) is 2.18. The summed E-state index contributed by atoms with van der Waals surface area (Å²) in [4.78, 5) is 0. The number of aryl methyl sites for hydroxylation is 1. The third-order valence-electron chi connectivity index (χ3n) is 3.00. The molecule has 90 valence electrons. The van der Waals surface area contributed by atoms with Gasteiger partial charge in [0, 0.05) is 31.5 Å². The lowest BCUT2D eigenvalue weighted by Gasteiger charge is -2.08. The number of hydrogen-bond donors (Lipinski definition) is 1. The van der Waals surface area contributed by atoms with Gasteiger partial charge in [0.25, 0.3) is 0 Å². The highest BCUT2D eigenvalue weighted by Gasteiger charge is 2.14. The molecule has 4 nitrogen and oxygen atoms in total. The topological polar surface area (TPSA) is 39.1 Å². The van der Waals surface area contributed by atoms with Gasteiger partial charge in [-0.1, -0.05) is 0 Å². The van der Waals surface area contributed by atoms with Crippen molar-refractivity contribution < 1.29 is 4.74 Å². The minimum atomic E-state index is 0.507. The van der Waals surface area contributed by atoms with Crippen LogP contribution in [0.3, 0.4) is 0 Å². The van der Waals surface area contributed by atoms with Crippen molar-refractivity contribution in [3.05, 3.63) is 18.0 Å². The summed E-state index contributed by atoms with van der Waals surface area (Å²) >= 11 is 0. The minimum absolute atomic E-state index is 0.507. The van der Waals surface area contributed by atoms with Gasteiger partial charge in [-0.2, -0.15) is 5.10 Å². The highest BCUT2D eigenvalue weighted by Crippen LogP contribution is 2.17. The van der Waals surface area contributed by atoms with Crippen molar-refractivity contribution in [3.63, 3.8) is 0 Å². The van der Waals surface area contributed by atoms with Gasteiger partial charge in [0.15, 0.2) is 0 Å². The molecule has 0 aromatic carbocycles. The summed E-state index contributed by atoms with van der Waals surface area (Å²) in [5, 5.41) is 7.46. The van der Waals surface area contributed by atoms with E-state index in [0.29, 0.717) is 6.10 Å². The lowest BCUT2D eigenvalue weighted by Crippen LogP contribution is -2.07. The molecule has 4 heteroatoms. The third-order valence-corrected chi connectivity index (χ3v) is 3.00. The van der Waals surface area contributed by atoms with Crippen LogP contribution in [0.4, 0.5) is 0 Å². The Labute approximate surface area is 97.0 Å². The van der Waals surface area contributed by atoms with E-state index >= 15 is 0 Å². The molecule has 0 radical (unpaired) electrons. The van der Waals surface area contributed by atoms with Crippen molar-refractivity contribution in [2.75, 3.05) is 13.7 Å². The molecule has 0 bridgehead atoms. The maximum Gasteiger partial charge on any atom is 0.0576 e. The Kier molecular flexibility index (Phi) is 4.36. The van der Waals surface area contributed by atoms with E-state index in [1.165, 1.54) is 24.8 Å². The van der Waals surface area contributed by atoms with Crippen LogP contribution < -0.4 is 5.32 Å². The van der Waals surface area contributed by atoms with Crippen molar-refractivity contribution in [2.24, 2.45) is 0 Å². The van der Waals surface area contributed by atoms with Crippen molar-refractivity contribution in [3.8, 4) is 0 Å². The highest BCUT2D eigenvalue weighted by molar-refractivity contribution is 5.02. The van der Waals surface area contributed by atoms with E-state index in [1.54, 1.807) is 0 Å². The SMILES string of the molecule is CNCc1cnn(CCCC2CCCO2)c1. The Balaban J connectivity index is 1.67. The average molecular weight is 223 g/mol. The standard InChI is InChI=1S/C12H21N3O/c1-13-8-11-9-14-15(10-11)6-2-4-12-5-3-7-16-12/h9-10,12-13H,2-8H2,1H3. The monoisotopic (exact) mass is 223 g/mol. The maximum atomic E-state index is 5.59. The molecule has 0 saturated carbocycles. The van der Waals surface area contributed by atoms with Gasteiger partial charge in [0.1, 0.15) is 0 Å². The van der Waals surface area contributed by atoms with Crippen LogP contribution in [0.2, 0.25) is 0 Å². The molecule has 1 unspecified atom stereocenters. The van der Waals surface area contributed by atoms with Crippen LogP contribution in [0.25, 0.3) is 0 Å². The molecule has 1 N–H and O–H groups in total. The second-order valence-electron chi connectivity index (χ2n) is 4.42. The Morgan fingerprint density at radius 1 is 1.62 bits per heavy atom. The molecule has 0 aliphatic carbocycles. The predicted molar refractivity (Wildman–Crippen MR) is 63.2 cm³/mol. The van der Waals surface area contributed by atoms with Crippen LogP contribution in [-0.4, -0.2) is 29.5 Å². The second-order valence-corrected chi connectivity index (χ2v) is 4.42. The molecule has 1 aliphatic heterocycles. The summed E-state index contributed by atoms with van der Waals surface area (Å²) in [6.45, 7) is 2.86. The zero-order chi connectivity index (χ0) is 11.2. The third kappa shape index (κ3) is 3.32. The largest absolute Gasteiger partial charge is 0.378 e. The quantitative estimate of drug-likeness (QED) is 0.795. The van der Waals surface area contributed by atoms with Gasteiger partial charge in [-0.25, -0.2) is 0 Å². The highest BCUT2D eigenvalue weighted by atomic mass is 16.5. The van der Waals surface area contributed by atoms with Crippen LogP contribution in [0.5, 0.6) is 0 Å². The van der Waals surface area contributed by atoms with Gasteiger partial charge in [-0.3, -0.25) is 4.68 Å². The first-order valence-electron chi connectivity index (χ1n) is 6.16. The Morgan fingerprint density at radius 3 is 3.31 bits per heavy atom. The fraction of sp³-hybridized carbons (Fsp3) is 0.750. The number of nitrogens with zero attached hydrogens (tertiary/aromatic N) is 2. The molecule has 0 amide bonds. The normalized spacial score (nSPS) is 20.4. The summed E-state index contributed by atoms with van der Waals surface area (Å²) in [6, 6.07) is 0. The van der Waals surface area contributed by atoms with E-state index in [9.17, 15) is 0 Å². The van der Waals surface area contributed by atoms with Gasteiger partial charge in [-0.15, -0.1) is 0 Å². The molecule has 1 saturated heterocycles. The Morgan fingerprint density at radius 2 is 2.56 bits per heavy atom. The van der Waals surface area contributed by atoms with Crippen molar-refractivity contribution in [2.45, 2.75) is 44.9 Å². The number of aromatic nitrogens is 2. The van der Waals surface area contributed by atoms with Crippen molar-refractivity contribution in [1.82, 2.24) is 15.1 Å². The summed E-state index contributed by atoms with van der Waals surface area (Å²) < 4.78 is 7.62. The molecule has 1 aliphatic rings. The van der Waals surface area contributed by atoms with Gasteiger partial charge >= 0.3 is 0 Å². The van der Waals surface area contributed by atoms with Crippen LogP contribution in [0.15, 0.2) is 12.4 Å². The first-order valence-corrected chi connectivity index (χ1v) is 6.16. The number of nitrogens with one attached hydrogen (secondary N) is 1. The maximum absolute atomic E-state index is 5.59. The first-order chi connectivity index (χ1) is 7.88. The molecule has 2 heterocycles. The first kappa shape index (κ1) is 11.6. The van der Waals surface area contributed by atoms with Gasteiger partial charge in [-0.05, 0) is 32.7 Å². The number of ether oxygens (including phenoxy) is 1. The lowest BCUT2D eigenvalue weighted by molar-refractivity contribution is 0.101. The summed E-state index contributed by atoms with van der Waals surface area (Å²) in [6.07, 6.45) is 9.36. The van der Waals surface area contributed by atoms with E-state index in [4.69, 9.17) is 4.74 Å². The lowest BCUT2D eigenvalue weighted by atomic mass is 10.1. The summed E-state index contributed by atoms with van der Waals surface area (Å²) in [7, 11) is 1.95. The molecule has 1 aromatic heterocycles. The van der Waals surface area contributed by atoms with Crippen molar-refractivity contribution >= 4 is 0 Å². The molecule has 16 heavy (non-hydrogen) atoms. The molecule has 0 spiro atoms. The number of hydrogen-bond acceptors (Lipinski definition) is 3. The predicted octanol–water partition coefficient (Wildman–Crippen LogP) is 1.56. The zero-order valence-electron chi connectivity index (χ0n) is 9.98. The van der Waals surface area contributed by atoms with E-state index in [0.717, 1.165) is 26.1 Å². The van der Waals surface area contributed by atoms with Crippen LogP contribution in [0, 0.1) is 0 Å². The Hall–Kier alpha value is -0.870. The molecule has 1 atom stereocenters. The molecular formula is C12H21N3O. The van der Waals surface area contributed by atoms with Crippen LogP contribution >= 0.6 is 0 Å². The van der Waals surface area contributed by atoms with E-state index in [1.807, 2.05) is 17.9 Å². The van der Waals surface area contributed by atoms with E-state index < -0.39 is 0 Å². The summed E-state index contributed by atoms with van der Waals surface area (Å²) in [5.74, 6) is 0. The average Bonchev–Trinajstić information content (AvgIpc) is 2.90. The van der Waals surface area contributed by atoms with Crippen LogP contribution in [0.1, 0.15) is 31.2 Å². The molecule has 1 aromatic rings. The van der Waals surface area contributed by atoms with E-state index in [2.05, 4.69) is 16.6 Å². The number of rotatable bonds is 6. The van der Waals surface area contributed by atoms with Crippen molar-refractivity contribution in [1.29, 1.82) is 0 Å². The second kappa shape index (κ2) is 6.01. The smallest absolute Gasteiger partial charge is 0.0576 e. The summed E-state index contributed by atoms with van der Waals surface area (Å²) in [5.41, 5.74) is 1.25. The van der Waals surface area contributed by atoms with Gasteiger partial charge in [0.2, 0.25) is 0 Å². The van der Waals surface area contributed by atoms with E-state index in [-0.39, 0.29) is 0 Å². The fourth-order valence-electron chi connectivity index (χ4n) is 2.18. The van der Waals surface area contributed by atoms with Gasteiger partial charge in [0.05, 0.1) is 12.3 Å². The molecule has 2 rings (SSSR count). The van der Waals surface area contributed by atoms with Gasteiger partial charge < -0.3 is 10.1 Å².